The number of carbonyl (C=O) groups excluding carboxylic acids is 1. The molecule has 0 spiro atoms. The molecule has 5 heteroatoms. The molecule has 0 aliphatic heterocycles. The van der Waals surface area contributed by atoms with Gasteiger partial charge in [0.25, 0.3) is 5.91 Å². The second-order valence-electron chi connectivity index (χ2n) is 4.80. The molecule has 3 aromatic rings. The van der Waals surface area contributed by atoms with E-state index in [-0.39, 0.29) is 5.91 Å². The molecular weight excluding hydrogens is 399 g/mol. The molecule has 0 aliphatic carbocycles. The number of aromatic amines is 1. The van der Waals surface area contributed by atoms with Crippen molar-refractivity contribution >= 4 is 56.7 Å². The van der Waals surface area contributed by atoms with E-state index in [0.29, 0.717) is 10.7 Å². The molecule has 21 heavy (non-hydrogen) atoms. The second kappa shape index (κ2) is 5.69. The van der Waals surface area contributed by atoms with Gasteiger partial charge in [0.1, 0.15) is 5.69 Å². The number of para-hydroxylation sites is 1. The third-order valence-electron chi connectivity index (χ3n) is 3.29. The van der Waals surface area contributed by atoms with Gasteiger partial charge in [0.15, 0.2) is 0 Å². The van der Waals surface area contributed by atoms with E-state index in [2.05, 4.69) is 32.9 Å². The molecule has 0 unspecified atom stereocenters. The van der Waals surface area contributed by atoms with Gasteiger partial charge in [0, 0.05) is 14.6 Å². The van der Waals surface area contributed by atoms with Crippen molar-refractivity contribution < 1.29 is 4.79 Å². The summed E-state index contributed by atoms with van der Waals surface area (Å²) in [6.45, 7) is 1.97. The van der Waals surface area contributed by atoms with Gasteiger partial charge >= 0.3 is 0 Å². The van der Waals surface area contributed by atoms with E-state index in [4.69, 9.17) is 11.6 Å². The first-order valence-corrected chi connectivity index (χ1v) is 7.85. The van der Waals surface area contributed by atoms with Crippen LogP contribution in [0.4, 0.5) is 5.69 Å². The van der Waals surface area contributed by atoms with Gasteiger partial charge in [-0.1, -0.05) is 23.7 Å². The molecule has 2 aromatic carbocycles. The van der Waals surface area contributed by atoms with E-state index in [1.54, 1.807) is 12.1 Å². The third kappa shape index (κ3) is 2.91. The number of aryl methyl sites for hydroxylation is 1. The van der Waals surface area contributed by atoms with Gasteiger partial charge in [-0.05, 0) is 65.4 Å². The van der Waals surface area contributed by atoms with Crippen LogP contribution in [0.1, 0.15) is 16.1 Å². The fraction of sp³-hybridized carbons (Fsp3) is 0.0625. The van der Waals surface area contributed by atoms with Crippen LogP contribution in [-0.4, -0.2) is 10.9 Å². The summed E-state index contributed by atoms with van der Waals surface area (Å²) in [4.78, 5) is 15.4. The molecule has 0 saturated carbocycles. The SMILES string of the molecule is Cc1cc(I)ccc1NC(=O)c1cc2cccc(Cl)c2[nH]1. The highest BCUT2D eigenvalue weighted by Gasteiger charge is 2.12. The topological polar surface area (TPSA) is 44.9 Å². The maximum absolute atomic E-state index is 12.3. The van der Waals surface area contributed by atoms with Crippen LogP contribution in [0.5, 0.6) is 0 Å². The van der Waals surface area contributed by atoms with Crippen LogP contribution < -0.4 is 5.32 Å². The van der Waals surface area contributed by atoms with E-state index in [0.717, 1.165) is 25.7 Å². The Balaban J connectivity index is 1.92. The number of benzene rings is 2. The number of carbonyl (C=O) groups is 1. The van der Waals surface area contributed by atoms with E-state index in [1.165, 1.54) is 0 Å². The van der Waals surface area contributed by atoms with Crippen LogP contribution in [0.2, 0.25) is 5.02 Å². The van der Waals surface area contributed by atoms with E-state index < -0.39 is 0 Å². The second-order valence-corrected chi connectivity index (χ2v) is 6.45. The normalized spacial score (nSPS) is 10.8. The average Bonchev–Trinajstić information content (AvgIpc) is 2.87. The number of amides is 1. The van der Waals surface area contributed by atoms with Crippen LogP contribution in [-0.2, 0) is 0 Å². The largest absolute Gasteiger partial charge is 0.349 e. The molecular formula is C16H12ClIN2O. The fourth-order valence-electron chi connectivity index (χ4n) is 2.20. The molecule has 0 saturated heterocycles. The third-order valence-corrected chi connectivity index (χ3v) is 4.27. The van der Waals surface area contributed by atoms with E-state index in [1.807, 2.05) is 37.3 Å². The van der Waals surface area contributed by atoms with Gasteiger partial charge in [-0.2, -0.15) is 0 Å². The fourth-order valence-corrected chi connectivity index (χ4v) is 3.07. The minimum absolute atomic E-state index is 0.174. The van der Waals surface area contributed by atoms with E-state index >= 15 is 0 Å². The summed E-state index contributed by atoms with van der Waals surface area (Å²) in [5, 5.41) is 4.45. The molecule has 1 amide bonds. The van der Waals surface area contributed by atoms with Gasteiger partial charge in [-0.25, -0.2) is 0 Å². The lowest BCUT2D eigenvalue weighted by Crippen LogP contribution is -2.13. The number of halogens is 2. The molecule has 3 rings (SSSR count). The number of hydrogen-bond donors (Lipinski definition) is 2. The van der Waals surface area contributed by atoms with Crippen molar-refractivity contribution in [1.82, 2.24) is 4.98 Å². The Morgan fingerprint density at radius 3 is 2.76 bits per heavy atom. The molecule has 0 radical (unpaired) electrons. The molecule has 3 nitrogen and oxygen atoms in total. The van der Waals surface area contributed by atoms with Crippen molar-refractivity contribution in [3.8, 4) is 0 Å². The van der Waals surface area contributed by atoms with Gasteiger partial charge < -0.3 is 10.3 Å². The Labute approximate surface area is 140 Å². The first kappa shape index (κ1) is 14.4. The highest BCUT2D eigenvalue weighted by molar-refractivity contribution is 14.1. The Bertz CT molecular complexity index is 841. The molecule has 0 bridgehead atoms. The smallest absolute Gasteiger partial charge is 0.272 e. The molecule has 1 aromatic heterocycles. The quantitative estimate of drug-likeness (QED) is 0.575. The van der Waals surface area contributed by atoms with Crippen molar-refractivity contribution in [2.24, 2.45) is 0 Å². The number of H-pyrrole nitrogens is 1. The number of nitrogens with one attached hydrogen (secondary N) is 2. The van der Waals surface area contributed by atoms with Crippen molar-refractivity contribution in [2.75, 3.05) is 5.32 Å². The number of rotatable bonds is 2. The molecule has 0 fully saturated rings. The van der Waals surface area contributed by atoms with Crippen molar-refractivity contribution in [3.63, 3.8) is 0 Å². The predicted molar refractivity (Wildman–Crippen MR) is 95.2 cm³/mol. The molecule has 2 N–H and O–H groups in total. The highest BCUT2D eigenvalue weighted by atomic mass is 127. The average molecular weight is 411 g/mol. The zero-order valence-corrected chi connectivity index (χ0v) is 14.1. The van der Waals surface area contributed by atoms with Gasteiger partial charge in [-0.15, -0.1) is 0 Å². The minimum atomic E-state index is -0.174. The Morgan fingerprint density at radius 2 is 2.05 bits per heavy atom. The number of aromatic nitrogens is 1. The predicted octanol–water partition coefficient (Wildman–Crippen LogP) is 4.99. The Hall–Kier alpha value is -1.53. The Morgan fingerprint density at radius 1 is 1.24 bits per heavy atom. The number of hydrogen-bond acceptors (Lipinski definition) is 1. The summed E-state index contributed by atoms with van der Waals surface area (Å²) in [6.07, 6.45) is 0. The van der Waals surface area contributed by atoms with Crippen LogP contribution in [0, 0.1) is 10.5 Å². The summed E-state index contributed by atoms with van der Waals surface area (Å²) in [7, 11) is 0. The van der Waals surface area contributed by atoms with Gasteiger partial charge in [0.2, 0.25) is 0 Å². The molecule has 0 aliphatic rings. The maximum atomic E-state index is 12.3. The summed E-state index contributed by atoms with van der Waals surface area (Å²) < 4.78 is 1.14. The van der Waals surface area contributed by atoms with Crippen molar-refractivity contribution in [1.29, 1.82) is 0 Å². The minimum Gasteiger partial charge on any atom is -0.349 e. The standard InChI is InChI=1S/C16H12ClIN2O/c1-9-7-11(18)5-6-13(9)20-16(21)14-8-10-3-2-4-12(17)15(10)19-14/h2-8,19H,1H3,(H,20,21). The summed E-state index contributed by atoms with van der Waals surface area (Å²) >= 11 is 8.36. The maximum Gasteiger partial charge on any atom is 0.272 e. The lowest BCUT2D eigenvalue weighted by Gasteiger charge is -2.07. The zero-order chi connectivity index (χ0) is 15.0. The lowest BCUT2D eigenvalue weighted by atomic mass is 10.2. The summed E-state index contributed by atoms with van der Waals surface area (Å²) in [5.74, 6) is -0.174. The first-order chi connectivity index (χ1) is 10.0. The van der Waals surface area contributed by atoms with E-state index in [9.17, 15) is 4.79 Å². The summed E-state index contributed by atoms with van der Waals surface area (Å²) in [6, 6.07) is 13.3. The van der Waals surface area contributed by atoms with Crippen LogP contribution in [0.15, 0.2) is 42.5 Å². The molecule has 106 valence electrons. The Kier molecular flexibility index (Phi) is 3.91. The van der Waals surface area contributed by atoms with Crippen molar-refractivity contribution in [2.45, 2.75) is 6.92 Å². The van der Waals surface area contributed by atoms with Crippen molar-refractivity contribution in [3.05, 3.63) is 62.3 Å². The number of fused-ring (bicyclic) bond motifs is 1. The monoisotopic (exact) mass is 410 g/mol. The van der Waals surface area contributed by atoms with Gasteiger partial charge in [-0.3, -0.25) is 4.79 Å². The highest BCUT2D eigenvalue weighted by Crippen LogP contribution is 2.24. The van der Waals surface area contributed by atoms with Crippen LogP contribution >= 0.6 is 34.2 Å². The summed E-state index contributed by atoms with van der Waals surface area (Å²) in [5.41, 5.74) is 3.12. The zero-order valence-electron chi connectivity index (χ0n) is 11.2. The number of anilines is 1. The molecule has 1 heterocycles. The lowest BCUT2D eigenvalue weighted by molar-refractivity contribution is 0.102. The van der Waals surface area contributed by atoms with Gasteiger partial charge in [0.05, 0.1) is 10.5 Å². The van der Waals surface area contributed by atoms with Crippen LogP contribution in [0.3, 0.4) is 0 Å². The van der Waals surface area contributed by atoms with Crippen LogP contribution in [0.25, 0.3) is 10.9 Å². The first-order valence-electron chi connectivity index (χ1n) is 6.39. The molecule has 0 atom stereocenters.